The second-order valence-corrected chi connectivity index (χ2v) is 7.64. The van der Waals surface area contributed by atoms with E-state index in [9.17, 15) is 0 Å². The summed E-state index contributed by atoms with van der Waals surface area (Å²) in [6.45, 7) is 0. The maximum atomic E-state index is 5.73. The van der Waals surface area contributed by atoms with E-state index in [1.165, 1.54) is 43.8 Å². The second-order valence-electron chi connectivity index (χ2n) is 7.64. The molecule has 1 aromatic heterocycles. The van der Waals surface area contributed by atoms with Gasteiger partial charge < -0.3 is 4.74 Å². The average Bonchev–Trinajstić information content (AvgIpc) is 2.82. The Balaban J connectivity index is 1.86. The number of pyridine rings is 1. The van der Waals surface area contributed by atoms with Crippen LogP contribution in [0.15, 0.2) is 97.3 Å². The standard InChI is InChI=1S/C28H19NO/c1-30-22-14-25-23(18-8-4-2-5-9-18)12-20-16-29-17-21-13-24(19-10-6-3-7-11-19)26(15-22)28(25)27(20)21/h2-17H,1H3. The Morgan fingerprint density at radius 2 is 1.10 bits per heavy atom. The fourth-order valence-corrected chi connectivity index (χ4v) is 4.61. The summed E-state index contributed by atoms with van der Waals surface area (Å²) >= 11 is 0. The van der Waals surface area contributed by atoms with E-state index in [2.05, 4.69) is 89.9 Å². The van der Waals surface area contributed by atoms with Gasteiger partial charge >= 0.3 is 0 Å². The van der Waals surface area contributed by atoms with Crippen molar-refractivity contribution >= 4 is 32.3 Å². The number of rotatable bonds is 3. The van der Waals surface area contributed by atoms with Crippen LogP contribution in [0.1, 0.15) is 0 Å². The van der Waals surface area contributed by atoms with Crippen molar-refractivity contribution < 1.29 is 4.74 Å². The number of benzene rings is 5. The molecule has 0 aliphatic heterocycles. The highest BCUT2D eigenvalue weighted by Gasteiger charge is 2.18. The molecular formula is C28H19NO. The molecule has 0 radical (unpaired) electrons. The van der Waals surface area contributed by atoms with Gasteiger partial charge in [0.15, 0.2) is 0 Å². The molecule has 0 N–H and O–H groups in total. The van der Waals surface area contributed by atoms with E-state index in [1.807, 2.05) is 12.4 Å². The van der Waals surface area contributed by atoms with E-state index in [-0.39, 0.29) is 0 Å². The van der Waals surface area contributed by atoms with Gasteiger partial charge in [0.25, 0.3) is 0 Å². The number of ether oxygens (including phenoxy) is 1. The van der Waals surface area contributed by atoms with Crippen LogP contribution in [0.2, 0.25) is 0 Å². The number of nitrogens with zero attached hydrogens (tertiary/aromatic N) is 1. The average molecular weight is 385 g/mol. The Kier molecular flexibility index (Phi) is 3.72. The first-order valence-corrected chi connectivity index (χ1v) is 10.1. The number of hydrogen-bond acceptors (Lipinski definition) is 2. The lowest BCUT2D eigenvalue weighted by molar-refractivity contribution is 0.416. The Morgan fingerprint density at radius 1 is 0.600 bits per heavy atom. The molecule has 6 rings (SSSR count). The van der Waals surface area contributed by atoms with Gasteiger partial charge in [-0.25, -0.2) is 0 Å². The fourth-order valence-electron chi connectivity index (χ4n) is 4.61. The van der Waals surface area contributed by atoms with Gasteiger partial charge in [-0.15, -0.1) is 0 Å². The summed E-state index contributed by atoms with van der Waals surface area (Å²) in [5.74, 6) is 0.869. The molecule has 142 valence electrons. The van der Waals surface area contributed by atoms with E-state index >= 15 is 0 Å². The van der Waals surface area contributed by atoms with Crippen molar-refractivity contribution in [2.75, 3.05) is 7.11 Å². The summed E-state index contributed by atoms with van der Waals surface area (Å²) in [4.78, 5) is 4.55. The van der Waals surface area contributed by atoms with Crippen molar-refractivity contribution in [1.82, 2.24) is 4.98 Å². The Morgan fingerprint density at radius 3 is 1.57 bits per heavy atom. The van der Waals surface area contributed by atoms with Crippen LogP contribution in [0.4, 0.5) is 0 Å². The van der Waals surface area contributed by atoms with Crippen molar-refractivity contribution in [3.63, 3.8) is 0 Å². The van der Waals surface area contributed by atoms with Gasteiger partial charge in [0.1, 0.15) is 5.75 Å². The Bertz CT molecular complexity index is 1400. The fraction of sp³-hybridized carbons (Fsp3) is 0.0357. The molecule has 0 aliphatic carbocycles. The Labute approximate surface area is 174 Å². The highest BCUT2D eigenvalue weighted by atomic mass is 16.5. The van der Waals surface area contributed by atoms with Gasteiger partial charge in [-0.2, -0.15) is 0 Å². The van der Waals surface area contributed by atoms with E-state index in [4.69, 9.17) is 4.74 Å². The van der Waals surface area contributed by atoms with Crippen molar-refractivity contribution in [2.45, 2.75) is 0 Å². The first-order valence-electron chi connectivity index (χ1n) is 10.1. The lowest BCUT2D eigenvalue weighted by Crippen LogP contribution is -1.93. The third-order valence-corrected chi connectivity index (χ3v) is 5.95. The highest BCUT2D eigenvalue weighted by Crippen LogP contribution is 2.45. The molecule has 0 spiro atoms. The van der Waals surface area contributed by atoms with Crippen molar-refractivity contribution in [2.24, 2.45) is 0 Å². The van der Waals surface area contributed by atoms with Crippen LogP contribution in [0.5, 0.6) is 5.75 Å². The molecule has 1 heterocycles. The molecular weight excluding hydrogens is 366 g/mol. The molecule has 0 saturated heterocycles. The molecule has 0 unspecified atom stereocenters. The van der Waals surface area contributed by atoms with Crippen LogP contribution in [0, 0.1) is 0 Å². The van der Waals surface area contributed by atoms with Crippen LogP contribution >= 0.6 is 0 Å². The van der Waals surface area contributed by atoms with Crippen LogP contribution in [0.25, 0.3) is 54.6 Å². The van der Waals surface area contributed by atoms with Gasteiger partial charge in [-0.3, -0.25) is 4.98 Å². The van der Waals surface area contributed by atoms with E-state index in [0.29, 0.717) is 0 Å². The zero-order valence-electron chi connectivity index (χ0n) is 16.6. The highest BCUT2D eigenvalue weighted by molar-refractivity contribution is 6.29. The first kappa shape index (κ1) is 17.0. The SMILES string of the molecule is COc1cc2c(-c3ccccc3)cc3cncc4cc(-c5ccccc5)c(c1)c2c34. The summed E-state index contributed by atoms with van der Waals surface area (Å²) in [7, 11) is 1.74. The normalized spacial score (nSPS) is 11.5. The lowest BCUT2D eigenvalue weighted by Gasteiger charge is -2.18. The zero-order valence-corrected chi connectivity index (χ0v) is 16.6. The molecule has 30 heavy (non-hydrogen) atoms. The van der Waals surface area contributed by atoms with E-state index in [1.54, 1.807) is 7.11 Å². The Hall–Kier alpha value is -3.91. The first-order chi connectivity index (χ1) is 14.8. The molecule has 0 amide bonds. The van der Waals surface area contributed by atoms with Crippen molar-refractivity contribution in [3.8, 4) is 28.0 Å². The molecule has 5 aromatic carbocycles. The quantitative estimate of drug-likeness (QED) is 0.298. The number of methoxy groups -OCH3 is 1. The van der Waals surface area contributed by atoms with Crippen molar-refractivity contribution in [3.05, 3.63) is 97.3 Å². The summed E-state index contributed by atoms with van der Waals surface area (Å²) in [6, 6.07) is 29.9. The molecule has 0 saturated carbocycles. The number of aromatic nitrogens is 1. The zero-order chi connectivity index (χ0) is 20.1. The maximum absolute atomic E-state index is 5.73. The monoisotopic (exact) mass is 385 g/mol. The maximum Gasteiger partial charge on any atom is 0.120 e. The van der Waals surface area contributed by atoms with Crippen LogP contribution in [-0.4, -0.2) is 12.1 Å². The summed E-state index contributed by atoms with van der Waals surface area (Å²) < 4.78 is 5.73. The molecule has 0 bridgehead atoms. The van der Waals surface area contributed by atoms with Gasteiger partial charge in [0.2, 0.25) is 0 Å². The van der Waals surface area contributed by atoms with E-state index < -0.39 is 0 Å². The predicted octanol–water partition coefficient (Wildman–Crippen LogP) is 7.32. The third kappa shape index (κ3) is 2.47. The topological polar surface area (TPSA) is 22.1 Å². The van der Waals surface area contributed by atoms with Crippen LogP contribution < -0.4 is 4.74 Å². The predicted molar refractivity (Wildman–Crippen MR) is 125 cm³/mol. The molecule has 2 nitrogen and oxygen atoms in total. The second kappa shape index (κ2) is 6.57. The van der Waals surface area contributed by atoms with Gasteiger partial charge in [0, 0.05) is 28.6 Å². The summed E-state index contributed by atoms with van der Waals surface area (Å²) in [5, 5.41) is 7.26. The van der Waals surface area contributed by atoms with Gasteiger partial charge in [0.05, 0.1) is 7.11 Å². The van der Waals surface area contributed by atoms with E-state index in [0.717, 1.165) is 16.5 Å². The van der Waals surface area contributed by atoms with Crippen molar-refractivity contribution in [1.29, 1.82) is 0 Å². The molecule has 6 aromatic rings. The van der Waals surface area contributed by atoms with Gasteiger partial charge in [-0.1, -0.05) is 60.7 Å². The third-order valence-electron chi connectivity index (χ3n) is 5.95. The number of hydrogen-bond donors (Lipinski definition) is 0. The molecule has 0 aliphatic rings. The molecule has 2 heteroatoms. The molecule has 0 atom stereocenters. The minimum absolute atomic E-state index is 0.869. The minimum Gasteiger partial charge on any atom is -0.497 e. The summed E-state index contributed by atoms with van der Waals surface area (Å²) in [5.41, 5.74) is 4.79. The smallest absolute Gasteiger partial charge is 0.120 e. The molecule has 0 fully saturated rings. The van der Waals surface area contributed by atoms with Gasteiger partial charge in [-0.05, 0) is 62.7 Å². The summed E-state index contributed by atoms with van der Waals surface area (Å²) in [6.07, 6.45) is 3.94. The minimum atomic E-state index is 0.869. The van der Waals surface area contributed by atoms with Crippen LogP contribution in [-0.2, 0) is 0 Å². The lowest BCUT2D eigenvalue weighted by atomic mass is 9.86. The largest absolute Gasteiger partial charge is 0.497 e. The van der Waals surface area contributed by atoms with Crippen LogP contribution in [0.3, 0.4) is 0 Å².